The highest BCUT2D eigenvalue weighted by atomic mass is 16.5. The average Bonchev–Trinajstić information content (AvgIpc) is 2.41. The van der Waals surface area contributed by atoms with Crippen molar-refractivity contribution in [3.8, 4) is 11.5 Å². The maximum atomic E-state index is 5.81. The Morgan fingerprint density at radius 2 is 2.00 bits per heavy atom. The van der Waals surface area contributed by atoms with E-state index in [0.717, 1.165) is 36.6 Å². The van der Waals surface area contributed by atoms with E-state index in [4.69, 9.17) is 14.2 Å². The van der Waals surface area contributed by atoms with Crippen LogP contribution in [0.5, 0.6) is 11.5 Å². The van der Waals surface area contributed by atoms with Crippen LogP contribution in [0.1, 0.15) is 18.9 Å². The lowest BCUT2D eigenvalue weighted by Gasteiger charge is -2.15. The van der Waals surface area contributed by atoms with Crippen LogP contribution in [0, 0.1) is 0 Å². The molecule has 18 heavy (non-hydrogen) atoms. The van der Waals surface area contributed by atoms with E-state index in [1.807, 2.05) is 12.1 Å². The second-order valence-corrected chi connectivity index (χ2v) is 3.92. The van der Waals surface area contributed by atoms with E-state index in [9.17, 15) is 0 Å². The Morgan fingerprint density at radius 1 is 1.17 bits per heavy atom. The zero-order valence-electron chi connectivity index (χ0n) is 11.5. The zero-order valence-corrected chi connectivity index (χ0v) is 11.5. The fourth-order valence-electron chi connectivity index (χ4n) is 1.66. The predicted octanol–water partition coefficient (Wildman–Crippen LogP) is 2.22. The molecule has 0 fully saturated rings. The minimum absolute atomic E-state index is 0.632. The maximum absolute atomic E-state index is 5.81. The Hall–Kier alpha value is -1.26. The number of rotatable bonds is 9. The van der Waals surface area contributed by atoms with Crippen LogP contribution in [-0.4, -0.2) is 34.0 Å². The Bertz CT molecular complexity index is 342. The quantitative estimate of drug-likeness (QED) is 0.685. The normalized spacial score (nSPS) is 10.4. The molecular weight excluding hydrogens is 230 g/mol. The molecular formula is C14H23NO3. The van der Waals surface area contributed by atoms with Crippen molar-refractivity contribution >= 4 is 0 Å². The Kier molecular flexibility index (Phi) is 7.22. The van der Waals surface area contributed by atoms with E-state index < -0.39 is 0 Å². The fraction of sp³-hybridized carbons (Fsp3) is 0.571. The van der Waals surface area contributed by atoms with Crippen LogP contribution in [-0.2, 0) is 11.3 Å². The van der Waals surface area contributed by atoms with E-state index in [1.165, 1.54) is 0 Å². The van der Waals surface area contributed by atoms with Gasteiger partial charge in [0.15, 0.2) is 11.5 Å². The molecule has 1 aromatic rings. The molecule has 1 rings (SSSR count). The molecule has 4 heteroatoms. The predicted molar refractivity (Wildman–Crippen MR) is 72.4 cm³/mol. The molecule has 0 aromatic heterocycles. The van der Waals surface area contributed by atoms with E-state index in [1.54, 1.807) is 14.2 Å². The van der Waals surface area contributed by atoms with Crippen LogP contribution in [0.3, 0.4) is 0 Å². The summed E-state index contributed by atoms with van der Waals surface area (Å²) in [6, 6.07) is 5.95. The Balaban J connectivity index is 2.69. The summed E-state index contributed by atoms with van der Waals surface area (Å²) in [5.41, 5.74) is 1.12. The van der Waals surface area contributed by atoms with Crippen LogP contribution in [0.4, 0.5) is 0 Å². The van der Waals surface area contributed by atoms with Gasteiger partial charge < -0.3 is 19.5 Å². The summed E-state index contributed by atoms with van der Waals surface area (Å²) in [4.78, 5) is 0. The summed E-state index contributed by atoms with van der Waals surface area (Å²) in [7, 11) is 3.36. The fourth-order valence-corrected chi connectivity index (χ4v) is 1.66. The van der Waals surface area contributed by atoms with Crippen molar-refractivity contribution in [2.24, 2.45) is 0 Å². The number of methoxy groups -OCH3 is 2. The van der Waals surface area contributed by atoms with Gasteiger partial charge in [0, 0.05) is 32.2 Å². The minimum Gasteiger partial charge on any atom is -0.493 e. The van der Waals surface area contributed by atoms with Crippen molar-refractivity contribution in [1.82, 2.24) is 5.32 Å². The van der Waals surface area contributed by atoms with E-state index in [-0.39, 0.29) is 0 Å². The molecule has 0 radical (unpaired) electrons. The van der Waals surface area contributed by atoms with Crippen molar-refractivity contribution < 1.29 is 14.2 Å². The smallest absolute Gasteiger partial charge is 0.165 e. The Labute approximate surface area is 109 Å². The number of nitrogens with one attached hydrogen (secondary N) is 1. The van der Waals surface area contributed by atoms with Gasteiger partial charge in [-0.1, -0.05) is 19.1 Å². The number of hydrogen-bond acceptors (Lipinski definition) is 4. The minimum atomic E-state index is 0.632. The lowest BCUT2D eigenvalue weighted by Crippen LogP contribution is -2.13. The molecule has 0 saturated heterocycles. The third-order valence-electron chi connectivity index (χ3n) is 2.59. The first kappa shape index (κ1) is 14.8. The largest absolute Gasteiger partial charge is 0.493 e. The second-order valence-electron chi connectivity index (χ2n) is 3.92. The maximum Gasteiger partial charge on any atom is 0.165 e. The molecule has 1 aromatic carbocycles. The van der Waals surface area contributed by atoms with Crippen LogP contribution in [0.25, 0.3) is 0 Å². The van der Waals surface area contributed by atoms with Gasteiger partial charge in [-0.3, -0.25) is 0 Å². The summed E-state index contributed by atoms with van der Waals surface area (Å²) in [6.07, 6.45) is 0.870. The lowest BCUT2D eigenvalue weighted by molar-refractivity contribution is 0.170. The molecule has 0 atom stereocenters. The third kappa shape index (κ3) is 4.55. The molecule has 0 aliphatic carbocycles. The van der Waals surface area contributed by atoms with Crippen LogP contribution >= 0.6 is 0 Å². The van der Waals surface area contributed by atoms with Crippen molar-refractivity contribution in [3.63, 3.8) is 0 Å². The first-order valence-electron chi connectivity index (χ1n) is 6.31. The van der Waals surface area contributed by atoms with Crippen LogP contribution in [0.2, 0.25) is 0 Å². The highest BCUT2D eigenvalue weighted by Gasteiger charge is 2.09. The molecule has 0 amide bonds. The second kappa shape index (κ2) is 8.78. The lowest BCUT2D eigenvalue weighted by atomic mass is 10.2. The van der Waals surface area contributed by atoms with Crippen molar-refractivity contribution in [3.05, 3.63) is 23.8 Å². The van der Waals surface area contributed by atoms with Gasteiger partial charge in [-0.05, 0) is 12.6 Å². The molecule has 0 heterocycles. The van der Waals surface area contributed by atoms with Gasteiger partial charge in [0.25, 0.3) is 0 Å². The van der Waals surface area contributed by atoms with E-state index in [2.05, 4.69) is 18.3 Å². The summed E-state index contributed by atoms with van der Waals surface area (Å²) < 4.78 is 16.2. The summed E-state index contributed by atoms with van der Waals surface area (Å²) in [5, 5.41) is 3.30. The van der Waals surface area contributed by atoms with Gasteiger partial charge in [0.2, 0.25) is 0 Å². The van der Waals surface area contributed by atoms with Gasteiger partial charge >= 0.3 is 0 Å². The first-order valence-corrected chi connectivity index (χ1v) is 6.31. The molecule has 102 valence electrons. The van der Waals surface area contributed by atoms with Gasteiger partial charge in [-0.2, -0.15) is 0 Å². The first-order chi connectivity index (χ1) is 8.83. The zero-order chi connectivity index (χ0) is 13.2. The van der Waals surface area contributed by atoms with Gasteiger partial charge in [0.1, 0.15) is 0 Å². The Morgan fingerprint density at radius 3 is 2.67 bits per heavy atom. The highest BCUT2D eigenvalue weighted by Crippen LogP contribution is 2.31. The van der Waals surface area contributed by atoms with Crippen molar-refractivity contribution in [2.45, 2.75) is 19.9 Å². The SMILES string of the molecule is CCNCc1cccc(OC)c1OCCCOC. The summed E-state index contributed by atoms with van der Waals surface area (Å²) in [6.45, 7) is 5.14. The van der Waals surface area contributed by atoms with Gasteiger partial charge in [0.05, 0.1) is 13.7 Å². The molecule has 0 spiro atoms. The molecule has 0 saturated carbocycles. The van der Waals surface area contributed by atoms with Gasteiger partial charge in [-0.25, -0.2) is 0 Å². The number of hydrogen-bond donors (Lipinski definition) is 1. The summed E-state index contributed by atoms with van der Waals surface area (Å²) in [5.74, 6) is 1.61. The third-order valence-corrected chi connectivity index (χ3v) is 2.59. The topological polar surface area (TPSA) is 39.7 Å². The van der Waals surface area contributed by atoms with Crippen LogP contribution < -0.4 is 14.8 Å². The van der Waals surface area contributed by atoms with Crippen molar-refractivity contribution in [2.75, 3.05) is 34.0 Å². The molecule has 0 unspecified atom stereocenters. The van der Waals surface area contributed by atoms with E-state index >= 15 is 0 Å². The monoisotopic (exact) mass is 253 g/mol. The highest BCUT2D eigenvalue weighted by molar-refractivity contribution is 5.46. The molecule has 0 bridgehead atoms. The molecule has 0 aliphatic rings. The molecule has 0 aliphatic heterocycles. The van der Waals surface area contributed by atoms with E-state index in [0.29, 0.717) is 13.2 Å². The molecule has 4 nitrogen and oxygen atoms in total. The standard InChI is InChI=1S/C14H23NO3/c1-4-15-11-12-7-5-8-13(17-3)14(12)18-10-6-9-16-2/h5,7-8,15H,4,6,9-11H2,1-3H3. The summed E-state index contributed by atoms with van der Waals surface area (Å²) >= 11 is 0. The van der Waals surface area contributed by atoms with Gasteiger partial charge in [-0.15, -0.1) is 0 Å². The van der Waals surface area contributed by atoms with Crippen molar-refractivity contribution in [1.29, 1.82) is 0 Å². The number of benzene rings is 1. The number of ether oxygens (including phenoxy) is 3. The molecule has 1 N–H and O–H groups in total. The van der Waals surface area contributed by atoms with Crippen LogP contribution in [0.15, 0.2) is 18.2 Å². The average molecular weight is 253 g/mol. The number of para-hydroxylation sites is 1.